The Hall–Kier alpha value is -0.650. The van der Waals surface area contributed by atoms with Crippen LogP contribution in [0, 0.1) is 0 Å². The van der Waals surface area contributed by atoms with Gasteiger partial charge in [0.1, 0.15) is 17.3 Å². The van der Waals surface area contributed by atoms with Crippen molar-refractivity contribution in [3.05, 3.63) is 28.2 Å². The zero-order chi connectivity index (χ0) is 12.7. The Bertz CT molecular complexity index is 385. The fourth-order valence-electron chi connectivity index (χ4n) is 1.32. The average Bonchev–Trinajstić information content (AvgIpc) is 2.28. The standard InChI is InChI=1S/C12H16BrNO2S/c1-2-6-15-7-8-16-10-5-3-4-9(13)11(10)12(14)17/h3-5H,2,6-8H2,1H3,(H2,14,17). The Morgan fingerprint density at radius 1 is 1.35 bits per heavy atom. The Labute approximate surface area is 115 Å². The number of thiocarbonyl (C=S) groups is 1. The minimum absolute atomic E-state index is 0.321. The topological polar surface area (TPSA) is 44.5 Å². The summed E-state index contributed by atoms with van der Waals surface area (Å²) in [6.07, 6.45) is 1.01. The highest BCUT2D eigenvalue weighted by molar-refractivity contribution is 9.10. The fraction of sp³-hybridized carbons (Fsp3) is 0.417. The van der Waals surface area contributed by atoms with E-state index >= 15 is 0 Å². The molecule has 0 aliphatic heterocycles. The first-order valence-corrected chi connectivity index (χ1v) is 6.65. The van der Waals surface area contributed by atoms with Crippen molar-refractivity contribution in [3.63, 3.8) is 0 Å². The van der Waals surface area contributed by atoms with Crippen LogP contribution >= 0.6 is 28.1 Å². The lowest BCUT2D eigenvalue weighted by Crippen LogP contribution is -2.14. The van der Waals surface area contributed by atoms with Crippen LogP contribution in [0.15, 0.2) is 22.7 Å². The summed E-state index contributed by atoms with van der Waals surface area (Å²) >= 11 is 8.40. The minimum Gasteiger partial charge on any atom is -0.490 e. The van der Waals surface area contributed by atoms with Gasteiger partial charge in [0, 0.05) is 11.1 Å². The molecule has 3 nitrogen and oxygen atoms in total. The molecule has 0 amide bonds. The summed E-state index contributed by atoms with van der Waals surface area (Å²) in [6, 6.07) is 5.61. The largest absolute Gasteiger partial charge is 0.490 e. The van der Waals surface area contributed by atoms with Crippen LogP contribution in [0.3, 0.4) is 0 Å². The van der Waals surface area contributed by atoms with E-state index in [1.807, 2.05) is 18.2 Å². The minimum atomic E-state index is 0.321. The van der Waals surface area contributed by atoms with Crippen LogP contribution in [0.2, 0.25) is 0 Å². The molecule has 0 radical (unpaired) electrons. The van der Waals surface area contributed by atoms with Crippen molar-refractivity contribution in [2.24, 2.45) is 5.73 Å². The van der Waals surface area contributed by atoms with E-state index in [1.54, 1.807) is 0 Å². The Morgan fingerprint density at radius 2 is 2.12 bits per heavy atom. The van der Waals surface area contributed by atoms with Gasteiger partial charge >= 0.3 is 0 Å². The lowest BCUT2D eigenvalue weighted by Gasteiger charge is -2.12. The van der Waals surface area contributed by atoms with Crippen LogP contribution < -0.4 is 10.5 Å². The highest BCUT2D eigenvalue weighted by atomic mass is 79.9. The second kappa shape index (κ2) is 7.63. The third-order valence-electron chi connectivity index (χ3n) is 2.06. The lowest BCUT2D eigenvalue weighted by molar-refractivity contribution is 0.101. The molecular formula is C12H16BrNO2S. The van der Waals surface area contributed by atoms with E-state index < -0.39 is 0 Å². The summed E-state index contributed by atoms with van der Waals surface area (Å²) in [4.78, 5) is 0.321. The number of nitrogens with two attached hydrogens (primary N) is 1. The van der Waals surface area contributed by atoms with E-state index in [4.69, 9.17) is 27.4 Å². The molecule has 0 aromatic heterocycles. The van der Waals surface area contributed by atoms with Crippen molar-refractivity contribution in [2.75, 3.05) is 19.8 Å². The highest BCUT2D eigenvalue weighted by Crippen LogP contribution is 2.26. The molecule has 1 aromatic carbocycles. The third kappa shape index (κ3) is 4.61. The van der Waals surface area contributed by atoms with E-state index in [1.165, 1.54) is 0 Å². The van der Waals surface area contributed by atoms with Crippen molar-refractivity contribution in [3.8, 4) is 5.75 Å². The smallest absolute Gasteiger partial charge is 0.130 e. The van der Waals surface area contributed by atoms with Gasteiger partial charge < -0.3 is 15.2 Å². The van der Waals surface area contributed by atoms with Gasteiger partial charge in [0.25, 0.3) is 0 Å². The molecule has 17 heavy (non-hydrogen) atoms. The van der Waals surface area contributed by atoms with E-state index in [9.17, 15) is 0 Å². The van der Waals surface area contributed by atoms with Gasteiger partial charge in [-0.05, 0) is 34.5 Å². The van der Waals surface area contributed by atoms with Gasteiger partial charge in [-0.15, -0.1) is 0 Å². The summed E-state index contributed by atoms with van der Waals surface area (Å²) in [7, 11) is 0. The van der Waals surface area contributed by atoms with Crippen LogP contribution in [0.4, 0.5) is 0 Å². The zero-order valence-corrected chi connectivity index (χ0v) is 12.1. The molecule has 0 fully saturated rings. The molecule has 0 atom stereocenters. The highest BCUT2D eigenvalue weighted by Gasteiger charge is 2.10. The van der Waals surface area contributed by atoms with Crippen molar-refractivity contribution in [1.82, 2.24) is 0 Å². The number of hydrogen-bond donors (Lipinski definition) is 1. The number of halogens is 1. The molecule has 0 aliphatic carbocycles. The van der Waals surface area contributed by atoms with Gasteiger partial charge in [-0.1, -0.05) is 25.2 Å². The predicted octanol–water partition coefficient (Wildman–Crippen LogP) is 2.89. The molecule has 0 saturated carbocycles. The summed E-state index contributed by atoms with van der Waals surface area (Å²) in [6.45, 7) is 3.88. The summed E-state index contributed by atoms with van der Waals surface area (Å²) < 4.78 is 11.8. The number of rotatable bonds is 7. The van der Waals surface area contributed by atoms with E-state index in [0.29, 0.717) is 24.0 Å². The van der Waals surface area contributed by atoms with Gasteiger partial charge in [0.15, 0.2) is 0 Å². The van der Waals surface area contributed by atoms with Crippen LogP contribution in [0.25, 0.3) is 0 Å². The van der Waals surface area contributed by atoms with Gasteiger partial charge in [0.2, 0.25) is 0 Å². The second-order valence-electron chi connectivity index (χ2n) is 3.44. The maximum absolute atomic E-state index is 5.66. The van der Waals surface area contributed by atoms with Gasteiger partial charge in [-0.2, -0.15) is 0 Å². The fourth-order valence-corrected chi connectivity index (χ4v) is 2.22. The number of hydrogen-bond acceptors (Lipinski definition) is 3. The van der Waals surface area contributed by atoms with Gasteiger partial charge in [0.05, 0.1) is 12.2 Å². The third-order valence-corrected chi connectivity index (χ3v) is 2.92. The Kier molecular flexibility index (Phi) is 6.47. The van der Waals surface area contributed by atoms with E-state index in [2.05, 4.69) is 22.9 Å². The Balaban J connectivity index is 2.58. The molecule has 2 N–H and O–H groups in total. The molecular weight excluding hydrogens is 302 g/mol. The molecule has 5 heteroatoms. The summed E-state index contributed by atoms with van der Waals surface area (Å²) in [5.74, 6) is 0.687. The first kappa shape index (κ1) is 14.4. The first-order valence-electron chi connectivity index (χ1n) is 5.45. The summed E-state index contributed by atoms with van der Waals surface area (Å²) in [5.41, 5.74) is 6.39. The van der Waals surface area contributed by atoms with Crippen molar-refractivity contribution >= 4 is 33.1 Å². The van der Waals surface area contributed by atoms with Crippen LogP contribution in [-0.4, -0.2) is 24.8 Å². The van der Waals surface area contributed by atoms with Crippen LogP contribution in [-0.2, 0) is 4.74 Å². The molecule has 0 unspecified atom stereocenters. The number of ether oxygens (including phenoxy) is 2. The summed E-state index contributed by atoms with van der Waals surface area (Å²) in [5, 5.41) is 0. The van der Waals surface area contributed by atoms with Crippen molar-refractivity contribution < 1.29 is 9.47 Å². The maximum Gasteiger partial charge on any atom is 0.130 e. The lowest BCUT2D eigenvalue weighted by atomic mass is 10.2. The number of benzene rings is 1. The SMILES string of the molecule is CCCOCCOc1cccc(Br)c1C(N)=S. The van der Waals surface area contributed by atoms with Crippen LogP contribution in [0.5, 0.6) is 5.75 Å². The quantitative estimate of drug-likeness (QED) is 0.620. The second-order valence-corrected chi connectivity index (χ2v) is 4.73. The van der Waals surface area contributed by atoms with E-state index in [0.717, 1.165) is 23.1 Å². The monoisotopic (exact) mass is 317 g/mol. The first-order chi connectivity index (χ1) is 8.16. The van der Waals surface area contributed by atoms with Crippen molar-refractivity contribution in [2.45, 2.75) is 13.3 Å². The molecule has 0 spiro atoms. The molecule has 1 rings (SSSR count). The van der Waals surface area contributed by atoms with Gasteiger partial charge in [-0.25, -0.2) is 0 Å². The Morgan fingerprint density at radius 3 is 2.76 bits per heavy atom. The molecule has 0 heterocycles. The maximum atomic E-state index is 5.66. The van der Waals surface area contributed by atoms with E-state index in [-0.39, 0.29) is 0 Å². The van der Waals surface area contributed by atoms with Crippen molar-refractivity contribution in [1.29, 1.82) is 0 Å². The molecule has 0 aliphatic rings. The normalized spacial score (nSPS) is 10.2. The molecule has 0 bridgehead atoms. The molecule has 0 saturated heterocycles. The molecule has 1 aromatic rings. The predicted molar refractivity (Wildman–Crippen MR) is 76.6 cm³/mol. The zero-order valence-electron chi connectivity index (χ0n) is 9.74. The van der Waals surface area contributed by atoms with Gasteiger partial charge in [-0.3, -0.25) is 0 Å². The molecule has 94 valence electrons. The van der Waals surface area contributed by atoms with Crippen LogP contribution in [0.1, 0.15) is 18.9 Å². The average molecular weight is 318 g/mol.